The predicted octanol–water partition coefficient (Wildman–Crippen LogP) is 2.08. The van der Waals surface area contributed by atoms with Gasteiger partial charge in [-0.25, -0.2) is 0 Å². The Kier molecular flexibility index (Phi) is 1.85. The fraction of sp³-hybridized carbons (Fsp3) is 0.857. The van der Waals surface area contributed by atoms with E-state index in [9.17, 15) is 0 Å². The van der Waals surface area contributed by atoms with Crippen LogP contribution in [0.4, 0.5) is 0 Å². The Bertz CT molecular complexity index is 465. The van der Waals surface area contributed by atoms with E-state index >= 15 is 0 Å². The van der Waals surface area contributed by atoms with Crippen molar-refractivity contribution < 1.29 is 4.52 Å². The van der Waals surface area contributed by atoms with Gasteiger partial charge in [0.15, 0.2) is 5.82 Å². The first-order valence-electron chi connectivity index (χ1n) is 7.46. The number of fused-ring (bicyclic) bond motifs is 5. The maximum absolute atomic E-state index is 5.50. The summed E-state index contributed by atoms with van der Waals surface area (Å²) in [5, 5.41) is 7.57. The summed E-state index contributed by atoms with van der Waals surface area (Å²) in [7, 11) is 0. The molecule has 18 heavy (non-hydrogen) atoms. The highest BCUT2D eigenvalue weighted by Gasteiger charge is 2.67. The summed E-state index contributed by atoms with van der Waals surface area (Å²) in [4.78, 5) is 4.61. The largest absolute Gasteiger partial charge is 0.339 e. The van der Waals surface area contributed by atoms with Gasteiger partial charge >= 0.3 is 0 Å². The third-order valence-electron chi connectivity index (χ3n) is 5.63. The molecule has 4 unspecified atom stereocenters. The molecule has 96 valence electrons. The van der Waals surface area contributed by atoms with E-state index in [-0.39, 0.29) is 0 Å². The van der Waals surface area contributed by atoms with Gasteiger partial charge in [0.05, 0.1) is 6.54 Å². The van der Waals surface area contributed by atoms with Gasteiger partial charge < -0.3 is 9.84 Å². The highest BCUT2D eigenvalue weighted by molar-refractivity contribution is 5.22. The molecule has 0 aromatic carbocycles. The van der Waals surface area contributed by atoms with Crippen LogP contribution in [0.3, 0.4) is 0 Å². The van der Waals surface area contributed by atoms with E-state index in [1.165, 1.54) is 32.1 Å². The third-order valence-corrected chi connectivity index (χ3v) is 5.63. The predicted molar refractivity (Wildman–Crippen MR) is 64.7 cm³/mol. The molecule has 0 spiro atoms. The molecule has 4 atom stereocenters. The van der Waals surface area contributed by atoms with E-state index in [1.54, 1.807) is 0 Å². The van der Waals surface area contributed by atoms with Gasteiger partial charge in [-0.3, -0.25) is 0 Å². The van der Waals surface area contributed by atoms with Gasteiger partial charge in [0.2, 0.25) is 5.89 Å². The minimum Gasteiger partial charge on any atom is -0.339 e. The van der Waals surface area contributed by atoms with Crippen LogP contribution < -0.4 is 5.32 Å². The molecule has 1 heterocycles. The van der Waals surface area contributed by atoms with Gasteiger partial charge in [-0.15, -0.1) is 0 Å². The van der Waals surface area contributed by atoms with E-state index in [2.05, 4.69) is 15.5 Å². The summed E-state index contributed by atoms with van der Waals surface area (Å²) in [5.74, 6) is 6.17. The topological polar surface area (TPSA) is 51.0 Å². The Morgan fingerprint density at radius 3 is 2.61 bits per heavy atom. The first-order chi connectivity index (χ1) is 8.90. The van der Waals surface area contributed by atoms with E-state index < -0.39 is 0 Å². The van der Waals surface area contributed by atoms with Gasteiger partial charge in [-0.2, -0.15) is 4.98 Å². The molecule has 1 N–H and O–H groups in total. The standard InChI is InChI=1S/C14H19N3O/c1-2-8-5-7(1)11-12(8)13(11)14-16-10(17-18-14)6-15-9-3-4-9/h7-9,11-13,15H,1-6H2. The number of rotatable bonds is 4. The van der Waals surface area contributed by atoms with Crippen LogP contribution in [0.1, 0.15) is 49.7 Å². The van der Waals surface area contributed by atoms with Gasteiger partial charge in [-0.05, 0) is 55.8 Å². The lowest BCUT2D eigenvalue weighted by atomic mass is 10.0. The maximum Gasteiger partial charge on any atom is 0.230 e. The minimum atomic E-state index is 0.624. The molecule has 0 radical (unpaired) electrons. The van der Waals surface area contributed by atoms with E-state index in [0.717, 1.165) is 41.9 Å². The summed E-state index contributed by atoms with van der Waals surface area (Å²) < 4.78 is 5.50. The van der Waals surface area contributed by atoms with Crippen molar-refractivity contribution >= 4 is 0 Å². The zero-order valence-corrected chi connectivity index (χ0v) is 10.5. The van der Waals surface area contributed by atoms with Crippen LogP contribution in [0.2, 0.25) is 0 Å². The molecule has 4 saturated carbocycles. The molecule has 0 aliphatic heterocycles. The Balaban J connectivity index is 1.30. The van der Waals surface area contributed by atoms with Crippen LogP contribution in [-0.2, 0) is 6.54 Å². The molecule has 5 rings (SSSR count). The lowest BCUT2D eigenvalue weighted by molar-refractivity contribution is 0.351. The summed E-state index contributed by atoms with van der Waals surface area (Å²) in [6.45, 7) is 0.781. The van der Waals surface area contributed by atoms with Crippen LogP contribution in [0, 0.1) is 23.7 Å². The van der Waals surface area contributed by atoms with Gasteiger partial charge in [0.25, 0.3) is 0 Å². The lowest BCUT2D eigenvalue weighted by Gasteiger charge is -2.04. The highest BCUT2D eigenvalue weighted by Crippen LogP contribution is 2.72. The molecule has 1 aromatic rings. The molecule has 0 amide bonds. The first-order valence-corrected chi connectivity index (χ1v) is 7.46. The molecule has 2 bridgehead atoms. The summed E-state index contributed by atoms with van der Waals surface area (Å²) >= 11 is 0. The van der Waals surface area contributed by atoms with E-state index in [4.69, 9.17) is 4.52 Å². The molecule has 0 saturated heterocycles. The van der Waals surface area contributed by atoms with Gasteiger partial charge in [0.1, 0.15) is 0 Å². The second kappa shape index (κ2) is 3.35. The van der Waals surface area contributed by atoms with E-state index in [0.29, 0.717) is 12.0 Å². The number of aromatic nitrogens is 2. The van der Waals surface area contributed by atoms with Crippen molar-refractivity contribution in [1.82, 2.24) is 15.5 Å². The summed E-state index contributed by atoms with van der Waals surface area (Å²) in [6, 6.07) is 0.711. The van der Waals surface area contributed by atoms with Crippen molar-refractivity contribution in [2.24, 2.45) is 23.7 Å². The normalized spacial score (nSPS) is 44.3. The molecular weight excluding hydrogens is 226 g/mol. The molecule has 4 heteroatoms. The Morgan fingerprint density at radius 1 is 1.11 bits per heavy atom. The fourth-order valence-electron chi connectivity index (χ4n) is 4.65. The zero-order valence-electron chi connectivity index (χ0n) is 10.5. The minimum absolute atomic E-state index is 0.624. The monoisotopic (exact) mass is 245 g/mol. The first kappa shape index (κ1) is 9.96. The fourth-order valence-corrected chi connectivity index (χ4v) is 4.65. The average molecular weight is 245 g/mol. The smallest absolute Gasteiger partial charge is 0.230 e. The molecule has 4 nitrogen and oxygen atoms in total. The van der Waals surface area contributed by atoms with Crippen molar-refractivity contribution in [3.63, 3.8) is 0 Å². The van der Waals surface area contributed by atoms with Crippen LogP contribution in [-0.4, -0.2) is 16.2 Å². The number of hydrogen-bond acceptors (Lipinski definition) is 4. The Morgan fingerprint density at radius 2 is 1.89 bits per heavy atom. The third kappa shape index (κ3) is 1.35. The Labute approximate surface area is 107 Å². The van der Waals surface area contributed by atoms with Crippen molar-refractivity contribution in [3.8, 4) is 0 Å². The lowest BCUT2D eigenvalue weighted by Crippen LogP contribution is -2.16. The number of nitrogens with one attached hydrogen (secondary N) is 1. The average Bonchev–Trinajstić information content (AvgIpc) is 3.23. The molecular formula is C14H19N3O. The quantitative estimate of drug-likeness (QED) is 0.882. The summed E-state index contributed by atoms with van der Waals surface area (Å²) in [6.07, 6.45) is 7.00. The molecule has 4 aliphatic carbocycles. The van der Waals surface area contributed by atoms with Crippen molar-refractivity contribution in [2.75, 3.05) is 0 Å². The van der Waals surface area contributed by atoms with E-state index in [1.807, 2.05) is 0 Å². The van der Waals surface area contributed by atoms with Crippen molar-refractivity contribution in [2.45, 2.75) is 50.6 Å². The van der Waals surface area contributed by atoms with Crippen molar-refractivity contribution in [3.05, 3.63) is 11.7 Å². The molecule has 1 aromatic heterocycles. The van der Waals surface area contributed by atoms with Gasteiger partial charge in [-0.1, -0.05) is 5.16 Å². The zero-order chi connectivity index (χ0) is 11.7. The van der Waals surface area contributed by atoms with Gasteiger partial charge in [0, 0.05) is 12.0 Å². The van der Waals surface area contributed by atoms with Crippen LogP contribution in [0.25, 0.3) is 0 Å². The van der Waals surface area contributed by atoms with Crippen LogP contribution >= 0.6 is 0 Å². The maximum atomic E-state index is 5.50. The number of hydrogen-bond donors (Lipinski definition) is 1. The van der Waals surface area contributed by atoms with Crippen LogP contribution in [0.5, 0.6) is 0 Å². The summed E-state index contributed by atoms with van der Waals surface area (Å²) in [5.41, 5.74) is 0. The second-order valence-electron chi connectivity index (χ2n) is 6.72. The molecule has 4 aliphatic rings. The Hall–Kier alpha value is -0.900. The molecule has 4 fully saturated rings. The highest BCUT2D eigenvalue weighted by atomic mass is 16.5. The van der Waals surface area contributed by atoms with Crippen LogP contribution in [0.15, 0.2) is 4.52 Å². The second-order valence-corrected chi connectivity index (χ2v) is 6.72. The SMILES string of the molecule is C(NC1CC1)c1noc(C2C3C4CCC(C4)C23)n1. The van der Waals surface area contributed by atoms with Crippen molar-refractivity contribution in [1.29, 1.82) is 0 Å². The number of nitrogens with zero attached hydrogens (tertiary/aromatic N) is 2.